The molecular weight excluding hydrogens is 311 g/mol. The molecule has 0 spiro atoms. The molecule has 0 aliphatic heterocycles. The third kappa shape index (κ3) is 4.49. The van der Waals surface area contributed by atoms with Crippen LogP contribution in [-0.2, 0) is 6.18 Å². The van der Waals surface area contributed by atoms with E-state index in [1.165, 1.54) is 6.07 Å². The van der Waals surface area contributed by atoms with Gasteiger partial charge in [0.15, 0.2) is 0 Å². The van der Waals surface area contributed by atoms with E-state index >= 15 is 0 Å². The van der Waals surface area contributed by atoms with Crippen molar-refractivity contribution in [3.05, 3.63) is 28.2 Å². The van der Waals surface area contributed by atoms with Crippen LogP contribution in [0.4, 0.5) is 18.9 Å². The molecule has 0 radical (unpaired) electrons. The molecule has 1 rings (SSSR count). The zero-order valence-corrected chi connectivity index (χ0v) is 11.5. The van der Waals surface area contributed by atoms with Crippen molar-refractivity contribution >= 4 is 21.6 Å². The topological polar surface area (TPSA) is 32.3 Å². The molecule has 2 N–H and O–H groups in total. The molecule has 0 fully saturated rings. The van der Waals surface area contributed by atoms with Gasteiger partial charge >= 0.3 is 6.18 Å². The van der Waals surface area contributed by atoms with E-state index in [9.17, 15) is 18.3 Å². The number of aliphatic hydroxyl groups is 1. The van der Waals surface area contributed by atoms with Crippen molar-refractivity contribution in [1.82, 2.24) is 0 Å². The van der Waals surface area contributed by atoms with Crippen molar-refractivity contribution in [2.75, 3.05) is 11.9 Å². The fourth-order valence-electron chi connectivity index (χ4n) is 1.50. The molecule has 0 saturated heterocycles. The molecule has 1 aromatic carbocycles. The average molecular weight is 326 g/mol. The van der Waals surface area contributed by atoms with Gasteiger partial charge in [-0.05, 0) is 40.5 Å². The van der Waals surface area contributed by atoms with Crippen LogP contribution in [0.3, 0.4) is 0 Å². The number of halogens is 4. The van der Waals surface area contributed by atoms with Gasteiger partial charge < -0.3 is 10.4 Å². The Morgan fingerprint density at radius 3 is 2.56 bits per heavy atom. The number of anilines is 1. The molecule has 0 aliphatic carbocycles. The lowest BCUT2D eigenvalue weighted by Crippen LogP contribution is -2.19. The van der Waals surface area contributed by atoms with Gasteiger partial charge in [-0.2, -0.15) is 13.2 Å². The average Bonchev–Trinajstić information content (AvgIpc) is 2.26. The van der Waals surface area contributed by atoms with Gasteiger partial charge in [0.2, 0.25) is 0 Å². The summed E-state index contributed by atoms with van der Waals surface area (Å²) in [6, 6.07) is 3.39. The van der Waals surface area contributed by atoms with Crippen LogP contribution in [0.1, 0.15) is 25.3 Å². The summed E-state index contributed by atoms with van der Waals surface area (Å²) in [7, 11) is 0. The molecule has 102 valence electrons. The summed E-state index contributed by atoms with van der Waals surface area (Å²) in [5.41, 5.74) is -0.160. The van der Waals surface area contributed by atoms with Crippen LogP contribution in [0.15, 0.2) is 22.7 Å². The summed E-state index contributed by atoms with van der Waals surface area (Å²) < 4.78 is 37.6. The Morgan fingerprint density at radius 1 is 1.39 bits per heavy atom. The zero-order chi connectivity index (χ0) is 13.8. The van der Waals surface area contributed by atoms with Gasteiger partial charge in [0.05, 0.1) is 11.7 Å². The second-order valence-corrected chi connectivity index (χ2v) is 4.87. The minimum Gasteiger partial charge on any atom is -0.391 e. The number of hydrogen-bond donors (Lipinski definition) is 2. The fourth-order valence-corrected chi connectivity index (χ4v) is 2.02. The van der Waals surface area contributed by atoms with Gasteiger partial charge in [-0.15, -0.1) is 0 Å². The summed E-state index contributed by atoms with van der Waals surface area (Å²) in [4.78, 5) is 0. The van der Waals surface area contributed by atoms with E-state index in [2.05, 4.69) is 21.2 Å². The standard InChI is InChI=1S/C12H15BrF3NO/c1-2-3-9(18)7-17-11-5-4-8(6-10(11)13)12(14,15)16/h4-6,9,17-18H,2-3,7H2,1H3. The zero-order valence-electron chi connectivity index (χ0n) is 9.89. The van der Waals surface area contributed by atoms with E-state index in [0.717, 1.165) is 18.6 Å². The molecule has 1 unspecified atom stereocenters. The third-order valence-electron chi connectivity index (χ3n) is 2.45. The number of rotatable bonds is 5. The van der Waals surface area contributed by atoms with Gasteiger partial charge in [0.1, 0.15) is 0 Å². The monoisotopic (exact) mass is 325 g/mol. The van der Waals surface area contributed by atoms with Gasteiger partial charge in [0.25, 0.3) is 0 Å². The van der Waals surface area contributed by atoms with E-state index in [1.54, 1.807) is 0 Å². The molecule has 0 aliphatic rings. The molecule has 0 aromatic heterocycles. The van der Waals surface area contributed by atoms with Crippen LogP contribution in [0.5, 0.6) is 0 Å². The van der Waals surface area contributed by atoms with Crippen molar-refractivity contribution in [2.45, 2.75) is 32.0 Å². The van der Waals surface area contributed by atoms with Crippen molar-refractivity contribution in [3.63, 3.8) is 0 Å². The first-order chi connectivity index (χ1) is 8.34. The number of benzene rings is 1. The lowest BCUT2D eigenvalue weighted by atomic mass is 10.2. The highest BCUT2D eigenvalue weighted by atomic mass is 79.9. The molecule has 6 heteroatoms. The highest BCUT2D eigenvalue weighted by Gasteiger charge is 2.30. The SMILES string of the molecule is CCCC(O)CNc1ccc(C(F)(F)F)cc1Br. The Hall–Kier alpha value is -0.750. The summed E-state index contributed by atoms with van der Waals surface area (Å²) in [5.74, 6) is 0. The van der Waals surface area contributed by atoms with Crippen LogP contribution in [0, 0.1) is 0 Å². The van der Waals surface area contributed by atoms with E-state index in [-0.39, 0.29) is 0 Å². The fraction of sp³-hybridized carbons (Fsp3) is 0.500. The van der Waals surface area contributed by atoms with E-state index in [1.807, 2.05) is 6.92 Å². The summed E-state index contributed by atoms with van der Waals surface area (Å²) in [5, 5.41) is 12.4. The maximum absolute atomic E-state index is 12.4. The molecule has 1 aromatic rings. The molecule has 0 bridgehead atoms. The molecule has 0 amide bonds. The number of alkyl halides is 3. The van der Waals surface area contributed by atoms with Crippen molar-refractivity contribution in [3.8, 4) is 0 Å². The van der Waals surface area contributed by atoms with Crippen LogP contribution in [0.25, 0.3) is 0 Å². The molecule has 1 atom stereocenters. The second-order valence-electron chi connectivity index (χ2n) is 4.02. The first-order valence-corrected chi connectivity index (χ1v) is 6.42. The van der Waals surface area contributed by atoms with Crippen LogP contribution in [-0.4, -0.2) is 17.8 Å². The molecule has 0 heterocycles. The van der Waals surface area contributed by atoms with E-state index < -0.39 is 17.8 Å². The van der Waals surface area contributed by atoms with Crippen LogP contribution < -0.4 is 5.32 Å². The van der Waals surface area contributed by atoms with Crippen molar-refractivity contribution in [1.29, 1.82) is 0 Å². The smallest absolute Gasteiger partial charge is 0.391 e. The lowest BCUT2D eigenvalue weighted by molar-refractivity contribution is -0.137. The lowest BCUT2D eigenvalue weighted by Gasteiger charge is -2.14. The predicted octanol–water partition coefficient (Wildman–Crippen LogP) is 4.04. The van der Waals surface area contributed by atoms with Crippen LogP contribution >= 0.6 is 15.9 Å². The quantitative estimate of drug-likeness (QED) is 0.856. The first-order valence-electron chi connectivity index (χ1n) is 5.63. The number of nitrogens with one attached hydrogen (secondary N) is 1. The van der Waals surface area contributed by atoms with Crippen molar-refractivity contribution < 1.29 is 18.3 Å². The minimum atomic E-state index is -4.34. The maximum Gasteiger partial charge on any atom is 0.416 e. The second kappa shape index (κ2) is 6.43. The Labute approximate surface area is 112 Å². The Balaban J connectivity index is 2.69. The summed E-state index contributed by atoms with van der Waals surface area (Å²) in [6.07, 6.45) is -3.32. The largest absolute Gasteiger partial charge is 0.416 e. The minimum absolute atomic E-state index is 0.317. The first kappa shape index (κ1) is 15.3. The third-order valence-corrected chi connectivity index (χ3v) is 3.10. The van der Waals surface area contributed by atoms with E-state index in [4.69, 9.17) is 0 Å². The molecule has 18 heavy (non-hydrogen) atoms. The molecular formula is C12H15BrF3NO. The summed E-state index contributed by atoms with van der Waals surface area (Å²) in [6.45, 7) is 2.27. The van der Waals surface area contributed by atoms with Gasteiger partial charge in [-0.25, -0.2) is 0 Å². The molecule has 2 nitrogen and oxygen atoms in total. The van der Waals surface area contributed by atoms with E-state index in [0.29, 0.717) is 23.1 Å². The highest BCUT2D eigenvalue weighted by Crippen LogP contribution is 2.33. The Kier molecular flexibility index (Phi) is 5.47. The molecule has 0 saturated carbocycles. The summed E-state index contributed by atoms with van der Waals surface area (Å²) >= 11 is 3.08. The predicted molar refractivity (Wildman–Crippen MR) is 68.5 cm³/mol. The Morgan fingerprint density at radius 2 is 2.06 bits per heavy atom. The van der Waals surface area contributed by atoms with Crippen molar-refractivity contribution in [2.24, 2.45) is 0 Å². The normalized spacial score (nSPS) is 13.4. The number of aliphatic hydroxyl groups excluding tert-OH is 1. The van der Waals surface area contributed by atoms with Gasteiger partial charge in [0, 0.05) is 16.7 Å². The number of hydrogen-bond acceptors (Lipinski definition) is 2. The highest BCUT2D eigenvalue weighted by molar-refractivity contribution is 9.10. The van der Waals surface area contributed by atoms with Gasteiger partial charge in [-0.3, -0.25) is 0 Å². The van der Waals surface area contributed by atoms with Gasteiger partial charge in [-0.1, -0.05) is 13.3 Å². The maximum atomic E-state index is 12.4. The Bertz CT molecular complexity index is 395. The van der Waals surface area contributed by atoms with Crippen LogP contribution in [0.2, 0.25) is 0 Å².